The van der Waals surface area contributed by atoms with Gasteiger partial charge in [-0.15, -0.1) is 0 Å². The number of nitrogens with one attached hydrogen (secondary N) is 1. The zero-order valence-electron chi connectivity index (χ0n) is 10.6. The molecule has 1 aliphatic rings. The molecular weight excluding hydrogens is 240 g/mol. The normalized spacial score (nSPS) is 17.3. The van der Waals surface area contributed by atoms with Gasteiger partial charge in [0.1, 0.15) is 5.69 Å². The quantitative estimate of drug-likeness (QED) is 0.837. The molecule has 1 unspecified atom stereocenters. The van der Waals surface area contributed by atoms with Crippen molar-refractivity contribution < 1.29 is 9.59 Å². The van der Waals surface area contributed by atoms with E-state index >= 15 is 0 Å². The molecule has 2 heterocycles. The molecule has 4 heteroatoms. The van der Waals surface area contributed by atoms with E-state index < -0.39 is 0 Å². The van der Waals surface area contributed by atoms with Gasteiger partial charge in [-0.05, 0) is 31.0 Å². The number of rotatable bonds is 2. The summed E-state index contributed by atoms with van der Waals surface area (Å²) in [5, 5.41) is 0. The number of nitrogens with zero attached hydrogens (tertiary/aromatic N) is 1. The second-order valence-corrected chi connectivity index (χ2v) is 4.82. The Morgan fingerprint density at radius 3 is 2.95 bits per heavy atom. The standard InChI is InChI=1S/C15H14N2O2/c1-10-6-12-4-2-3-5-14(12)17(10)15(19)13-7-11(9-18)8-16-13/h2-5,7-10,16H,6H2,1H3. The zero-order chi connectivity index (χ0) is 13.4. The fourth-order valence-corrected chi connectivity index (χ4v) is 2.61. The second-order valence-electron chi connectivity index (χ2n) is 4.82. The molecule has 0 saturated heterocycles. The number of benzene rings is 1. The van der Waals surface area contributed by atoms with Crippen LogP contribution in [0.15, 0.2) is 36.5 Å². The molecule has 19 heavy (non-hydrogen) atoms. The van der Waals surface area contributed by atoms with Crippen LogP contribution < -0.4 is 4.90 Å². The molecule has 1 N–H and O–H groups in total. The molecule has 0 aliphatic carbocycles. The molecule has 3 rings (SSSR count). The van der Waals surface area contributed by atoms with Crippen LogP contribution in [0.5, 0.6) is 0 Å². The van der Waals surface area contributed by atoms with Gasteiger partial charge >= 0.3 is 0 Å². The van der Waals surface area contributed by atoms with E-state index in [9.17, 15) is 9.59 Å². The minimum atomic E-state index is -0.0921. The van der Waals surface area contributed by atoms with Gasteiger partial charge in [-0.3, -0.25) is 9.59 Å². The summed E-state index contributed by atoms with van der Waals surface area (Å²) in [6, 6.07) is 9.64. The van der Waals surface area contributed by atoms with Gasteiger partial charge in [-0.2, -0.15) is 0 Å². The van der Waals surface area contributed by atoms with E-state index in [1.807, 2.05) is 31.2 Å². The molecule has 0 fully saturated rings. The van der Waals surface area contributed by atoms with Crippen molar-refractivity contribution in [2.24, 2.45) is 0 Å². The smallest absolute Gasteiger partial charge is 0.274 e. The maximum Gasteiger partial charge on any atom is 0.274 e. The van der Waals surface area contributed by atoms with Crippen LogP contribution in [-0.4, -0.2) is 23.2 Å². The van der Waals surface area contributed by atoms with Crippen molar-refractivity contribution in [1.82, 2.24) is 4.98 Å². The lowest BCUT2D eigenvalue weighted by Gasteiger charge is -2.22. The number of amides is 1. The largest absolute Gasteiger partial charge is 0.356 e. The maximum absolute atomic E-state index is 12.5. The molecule has 2 aromatic rings. The summed E-state index contributed by atoms with van der Waals surface area (Å²) in [5.74, 6) is -0.0921. The van der Waals surface area contributed by atoms with Crippen molar-refractivity contribution in [2.45, 2.75) is 19.4 Å². The molecular formula is C15H14N2O2. The van der Waals surface area contributed by atoms with Gasteiger partial charge in [0.25, 0.3) is 5.91 Å². The lowest BCUT2D eigenvalue weighted by molar-refractivity contribution is 0.0977. The number of carbonyl (C=O) groups is 2. The van der Waals surface area contributed by atoms with Gasteiger partial charge in [0.15, 0.2) is 6.29 Å². The number of anilines is 1. The Bertz CT molecular complexity index is 645. The SMILES string of the molecule is CC1Cc2ccccc2N1C(=O)c1cc(C=O)c[nH]1. The Balaban J connectivity index is 1.98. The molecule has 1 aromatic carbocycles. The van der Waals surface area contributed by atoms with Crippen LogP contribution in [0.2, 0.25) is 0 Å². The van der Waals surface area contributed by atoms with Crippen molar-refractivity contribution in [3.05, 3.63) is 53.3 Å². The maximum atomic E-state index is 12.5. The van der Waals surface area contributed by atoms with Crippen LogP contribution >= 0.6 is 0 Å². The third-order valence-electron chi connectivity index (χ3n) is 3.50. The first-order chi connectivity index (χ1) is 9.20. The molecule has 0 bridgehead atoms. The van der Waals surface area contributed by atoms with E-state index in [-0.39, 0.29) is 11.9 Å². The van der Waals surface area contributed by atoms with E-state index in [4.69, 9.17) is 0 Å². The second kappa shape index (κ2) is 4.39. The van der Waals surface area contributed by atoms with Gasteiger partial charge in [-0.25, -0.2) is 0 Å². The van der Waals surface area contributed by atoms with Crippen molar-refractivity contribution >= 4 is 17.9 Å². The average Bonchev–Trinajstić information content (AvgIpc) is 3.01. The molecule has 1 aliphatic heterocycles. The molecule has 0 saturated carbocycles. The monoisotopic (exact) mass is 254 g/mol. The summed E-state index contributed by atoms with van der Waals surface area (Å²) < 4.78 is 0. The van der Waals surface area contributed by atoms with Crippen molar-refractivity contribution in [2.75, 3.05) is 4.90 Å². The van der Waals surface area contributed by atoms with Gasteiger partial charge in [0.2, 0.25) is 0 Å². The lowest BCUT2D eigenvalue weighted by Crippen LogP contribution is -2.35. The summed E-state index contributed by atoms with van der Waals surface area (Å²) in [4.78, 5) is 27.9. The first-order valence-electron chi connectivity index (χ1n) is 6.26. The molecule has 0 radical (unpaired) electrons. The molecule has 96 valence electrons. The van der Waals surface area contributed by atoms with E-state index in [1.165, 1.54) is 5.56 Å². The summed E-state index contributed by atoms with van der Waals surface area (Å²) >= 11 is 0. The highest BCUT2D eigenvalue weighted by atomic mass is 16.2. The number of fused-ring (bicyclic) bond motifs is 1. The number of aldehydes is 1. The minimum Gasteiger partial charge on any atom is -0.356 e. The molecule has 1 amide bonds. The predicted molar refractivity (Wildman–Crippen MR) is 72.6 cm³/mol. The van der Waals surface area contributed by atoms with Crippen LogP contribution in [0.3, 0.4) is 0 Å². The van der Waals surface area contributed by atoms with Crippen LogP contribution in [-0.2, 0) is 6.42 Å². The Morgan fingerprint density at radius 1 is 1.42 bits per heavy atom. The van der Waals surface area contributed by atoms with Crippen LogP contribution in [0.1, 0.15) is 33.3 Å². The summed E-state index contributed by atoms with van der Waals surface area (Å²) in [6.07, 6.45) is 3.14. The number of aromatic nitrogens is 1. The van der Waals surface area contributed by atoms with Gasteiger partial charge < -0.3 is 9.88 Å². The van der Waals surface area contributed by atoms with Crippen molar-refractivity contribution in [1.29, 1.82) is 0 Å². The lowest BCUT2D eigenvalue weighted by atomic mass is 10.1. The fourth-order valence-electron chi connectivity index (χ4n) is 2.61. The number of para-hydroxylation sites is 1. The van der Waals surface area contributed by atoms with Gasteiger partial charge in [0, 0.05) is 23.5 Å². The zero-order valence-corrected chi connectivity index (χ0v) is 10.6. The molecule has 4 nitrogen and oxygen atoms in total. The highest BCUT2D eigenvalue weighted by Gasteiger charge is 2.31. The Kier molecular flexibility index (Phi) is 2.71. The fraction of sp³-hybridized carbons (Fsp3) is 0.200. The van der Waals surface area contributed by atoms with Crippen molar-refractivity contribution in [3.63, 3.8) is 0 Å². The summed E-state index contributed by atoms with van der Waals surface area (Å²) in [5.41, 5.74) is 3.09. The van der Waals surface area contributed by atoms with Gasteiger partial charge in [0.05, 0.1) is 0 Å². The predicted octanol–water partition coefficient (Wildman–Crippen LogP) is 2.42. The first-order valence-corrected chi connectivity index (χ1v) is 6.26. The Labute approximate surface area is 111 Å². The van der Waals surface area contributed by atoms with Crippen LogP contribution in [0, 0.1) is 0 Å². The molecule has 1 aromatic heterocycles. The number of hydrogen-bond acceptors (Lipinski definition) is 2. The van der Waals surface area contributed by atoms with Crippen LogP contribution in [0.4, 0.5) is 5.69 Å². The molecule has 1 atom stereocenters. The van der Waals surface area contributed by atoms with E-state index in [1.54, 1.807) is 17.2 Å². The molecule has 0 spiro atoms. The summed E-state index contributed by atoms with van der Waals surface area (Å²) in [7, 11) is 0. The topological polar surface area (TPSA) is 53.2 Å². The van der Waals surface area contributed by atoms with Gasteiger partial charge in [-0.1, -0.05) is 18.2 Å². The van der Waals surface area contributed by atoms with Crippen LogP contribution in [0.25, 0.3) is 0 Å². The highest BCUT2D eigenvalue weighted by Crippen LogP contribution is 2.32. The first kappa shape index (κ1) is 11.7. The number of aromatic amines is 1. The third-order valence-corrected chi connectivity index (χ3v) is 3.50. The van der Waals surface area contributed by atoms with Crippen molar-refractivity contribution in [3.8, 4) is 0 Å². The minimum absolute atomic E-state index is 0.0921. The van der Waals surface area contributed by atoms with E-state index in [0.717, 1.165) is 18.4 Å². The number of carbonyl (C=O) groups excluding carboxylic acids is 2. The third kappa shape index (κ3) is 1.85. The Hall–Kier alpha value is -2.36. The Morgan fingerprint density at radius 2 is 2.21 bits per heavy atom. The van der Waals surface area contributed by atoms with E-state index in [0.29, 0.717) is 11.3 Å². The highest BCUT2D eigenvalue weighted by molar-refractivity contribution is 6.07. The summed E-state index contributed by atoms with van der Waals surface area (Å²) in [6.45, 7) is 2.03. The van der Waals surface area contributed by atoms with E-state index in [2.05, 4.69) is 4.98 Å². The number of H-pyrrole nitrogens is 1. The number of hydrogen-bond donors (Lipinski definition) is 1. The average molecular weight is 254 g/mol.